The highest BCUT2D eigenvalue weighted by molar-refractivity contribution is 5.91. The van der Waals surface area contributed by atoms with E-state index in [0.29, 0.717) is 42.4 Å². The van der Waals surface area contributed by atoms with Gasteiger partial charge in [0.1, 0.15) is 29.8 Å². The maximum Gasteiger partial charge on any atom is 0.335 e. The second kappa shape index (κ2) is 17.3. The first-order valence-corrected chi connectivity index (χ1v) is 17.2. The number of hydrogen-bond acceptors (Lipinski definition) is 9. The summed E-state index contributed by atoms with van der Waals surface area (Å²) in [6, 6.07) is 20.4. The minimum atomic E-state index is -1.88. The molecule has 0 aromatic heterocycles. The Morgan fingerprint density at radius 3 is 2.13 bits per heavy atom. The summed E-state index contributed by atoms with van der Waals surface area (Å²) in [5, 5.41) is 65.1. The number of nitrogens with one attached hydrogen (secondary N) is 1. The number of carbonyl (C=O) groups is 2. The van der Waals surface area contributed by atoms with Gasteiger partial charge < -0.3 is 45.4 Å². The fourth-order valence-corrected chi connectivity index (χ4v) is 6.52. The van der Waals surface area contributed by atoms with Crippen molar-refractivity contribution in [1.29, 1.82) is 0 Å². The van der Waals surface area contributed by atoms with Crippen LogP contribution in [-0.2, 0) is 19.9 Å². The van der Waals surface area contributed by atoms with Crippen LogP contribution in [0, 0.1) is 5.41 Å². The summed E-state index contributed by atoms with van der Waals surface area (Å²) in [5.41, 5.74) is 0.635. The number of aromatic hydroxyl groups is 1. The highest BCUT2D eigenvalue weighted by Crippen LogP contribution is 2.57. The number of amides is 1. The molecule has 6 unspecified atom stereocenters. The van der Waals surface area contributed by atoms with Gasteiger partial charge in [-0.2, -0.15) is 0 Å². The summed E-state index contributed by atoms with van der Waals surface area (Å²) in [6.07, 6.45) is -3.20. The zero-order valence-corrected chi connectivity index (χ0v) is 29.5. The van der Waals surface area contributed by atoms with Crippen molar-refractivity contribution in [1.82, 2.24) is 5.32 Å². The molecule has 1 saturated carbocycles. The number of aliphatic hydroxyl groups excluding tert-OH is 3. The third-order valence-corrected chi connectivity index (χ3v) is 9.81. The molecule has 7 N–H and O–H groups in total. The van der Waals surface area contributed by atoms with Crippen LogP contribution < -0.4 is 10.1 Å². The number of allylic oxidation sites excluding steroid dienone is 3. The van der Waals surface area contributed by atoms with Crippen LogP contribution in [0.15, 0.2) is 97.4 Å². The fraction of sp³-hybridized carbons (Fsp3) is 0.400. The van der Waals surface area contributed by atoms with E-state index in [-0.39, 0.29) is 23.2 Å². The molecule has 3 aromatic rings. The van der Waals surface area contributed by atoms with Crippen LogP contribution >= 0.6 is 0 Å². The van der Waals surface area contributed by atoms with Crippen LogP contribution in [0.25, 0.3) is 11.1 Å². The molecule has 2 aliphatic heterocycles. The number of phenols is 1. The number of ether oxygens (including phenoxy) is 2. The van der Waals surface area contributed by atoms with Gasteiger partial charge in [0.2, 0.25) is 12.2 Å². The lowest BCUT2D eigenvalue weighted by Gasteiger charge is -2.54. The number of hydrogen-bond donors (Lipinski definition) is 7. The van der Waals surface area contributed by atoms with Gasteiger partial charge >= 0.3 is 5.97 Å². The molecular formula is C40H48FNO10. The summed E-state index contributed by atoms with van der Waals surface area (Å²) in [7, 11) is 0. The van der Waals surface area contributed by atoms with Gasteiger partial charge in [-0.3, -0.25) is 4.79 Å². The zero-order chi connectivity index (χ0) is 38.2. The first-order valence-electron chi connectivity index (χ1n) is 17.2. The van der Waals surface area contributed by atoms with E-state index >= 15 is 0 Å². The van der Waals surface area contributed by atoms with E-state index in [0.717, 1.165) is 12.0 Å². The second-order valence-electron chi connectivity index (χ2n) is 13.2. The predicted molar refractivity (Wildman–Crippen MR) is 192 cm³/mol. The molecule has 0 bridgehead atoms. The van der Waals surface area contributed by atoms with Crippen LogP contribution in [0.2, 0.25) is 0 Å². The van der Waals surface area contributed by atoms with Gasteiger partial charge in [0.05, 0.1) is 22.9 Å². The van der Waals surface area contributed by atoms with E-state index in [9.17, 15) is 44.6 Å². The Hall–Kier alpha value is -4.59. The molecule has 3 aromatic carbocycles. The minimum absolute atomic E-state index is 0.0369. The number of phenolic OH excluding ortho intramolecular Hbond substituents is 1. The van der Waals surface area contributed by atoms with Crippen LogP contribution in [0.1, 0.15) is 70.0 Å². The summed E-state index contributed by atoms with van der Waals surface area (Å²) in [6.45, 7) is 8.62. The van der Waals surface area contributed by atoms with Crippen LogP contribution in [0.3, 0.4) is 0 Å². The van der Waals surface area contributed by atoms with Gasteiger partial charge in [-0.25, -0.2) is 9.18 Å². The number of carbonyl (C=O) groups excluding carboxylic acids is 1. The molecule has 1 aliphatic carbocycles. The Balaban J connectivity index is 0.000000603. The Morgan fingerprint density at radius 1 is 0.981 bits per heavy atom. The number of carboxylic acids is 1. The number of benzene rings is 3. The molecule has 0 radical (unpaired) electrons. The van der Waals surface area contributed by atoms with Gasteiger partial charge in [-0.05, 0) is 80.8 Å². The van der Waals surface area contributed by atoms with Gasteiger partial charge in [0, 0.05) is 5.56 Å². The molecular weight excluding hydrogens is 673 g/mol. The van der Waals surface area contributed by atoms with Crippen molar-refractivity contribution >= 4 is 11.9 Å². The average Bonchev–Trinajstić information content (AvgIpc) is 3.15. The summed E-state index contributed by atoms with van der Waals surface area (Å²) < 4.78 is 22.7. The lowest BCUT2D eigenvalue weighted by Crippen LogP contribution is -2.63. The fourth-order valence-electron chi connectivity index (χ4n) is 6.52. The second-order valence-corrected chi connectivity index (χ2v) is 13.2. The lowest BCUT2D eigenvalue weighted by molar-refractivity contribution is -0.271. The topological polar surface area (TPSA) is 186 Å². The van der Waals surface area contributed by atoms with Crippen molar-refractivity contribution in [3.8, 4) is 22.6 Å². The maximum atomic E-state index is 13.2. The van der Waals surface area contributed by atoms with Crippen molar-refractivity contribution in [2.75, 3.05) is 0 Å². The minimum Gasteiger partial charge on any atom is -0.508 e. The average molecular weight is 722 g/mol. The normalized spacial score (nSPS) is 29.6. The molecule has 2 saturated heterocycles. The SMILES string of the molecule is C/C=C(\C)F.C=CCC.O=C(O)C1OC(Oc2cc(-c3cccc(O)c3)ccc2C2NC(=O)C23CCC(O)(c2ccccc2)CC3)C(O)C(O)C1O. The van der Waals surface area contributed by atoms with E-state index in [1.807, 2.05) is 36.4 Å². The third kappa shape index (κ3) is 8.71. The Labute approximate surface area is 302 Å². The van der Waals surface area contributed by atoms with Crippen molar-refractivity contribution < 1.29 is 54.1 Å². The summed E-state index contributed by atoms with van der Waals surface area (Å²) in [4.78, 5) is 24.8. The van der Waals surface area contributed by atoms with Crippen molar-refractivity contribution in [3.63, 3.8) is 0 Å². The molecule has 2 heterocycles. The number of β-lactam (4-membered cyclic amide) rings is 1. The van der Waals surface area contributed by atoms with E-state index in [4.69, 9.17) is 9.47 Å². The Kier molecular flexibility index (Phi) is 13.4. The third-order valence-electron chi connectivity index (χ3n) is 9.81. The molecule has 3 fully saturated rings. The first-order chi connectivity index (χ1) is 24.7. The van der Waals surface area contributed by atoms with Crippen LogP contribution in [0.5, 0.6) is 11.5 Å². The van der Waals surface area contributed by atoms with E-state index in [2.05, 4.69) is 18.8 Å². The van der Waals surface area contributed by atoms with Crippen molar-refractivity contribution in [3.05, 3.63) is 108 Å². The maximum absolute atomic E-state index is 13.2. The molecule has 12 heteroatoms. The number of carboxylic acid groups (broad SMARTS) is 1. The van der Waals surface area contributed by atoms with Crippen molar-refractivity contribution in [2.24, 2.45) is 5.41 Å². The summed E-state index contributed by atoms with van der Waals surface area (Å²) >= 11 is 0. The van der Waals surface area contributed by atoms with E-state index < -0.39 is 53.7 Å². The molecule has 3 aliphatic rings. The Bertz CT molecular complexity index is 1720. The molecule has 11 nitrogen and oxygen atoms in total. The molecule has 1 amide bonds. The van der Waals surface area contributed by atoms with Crippen LogP contribution in [0.4, 0.5) is 4.39 Å². The number of halogens is 1. The van der Waals surface area contributed by atoms with E-state index in [1.165, 1.54) is 19.1 Å². The quantitative estimate of drug-likeness (QED) is 0.123. The smallest absolute Gasteiger partial charge is 0.335 e. The number of aliphatic hydroxyl groups is 4. The van der Waals surface area contributed by atoms with Gasteiger partial charge in [0.15, 0.2) is 6.10 Å². The van der Waals surface area contributed by atoms with Gasteiger partial charge in [-0.15, -0.1) is 6.58 Å². The number of rotatable bonds is 7. The molecule has 6 rings (SSSR count). The van der Waals surface area contributed by atoms with E-state index in [1.54, 1.807) is 43.3 Å². The highest BCUT2D eigenvalue weighted by Gasteiger charge is 2.59. The predicted octanol–water partition coefficient (Wildman–Crippen LogP) is 5.41. The molecule has 280 valence electrons. The monoisotopic (exact) mass is 721 g/mol. The highest BCUT2D eigenvalue weighted by atomic mass is 19.1. The standard InChI is InChI=1S/C32H33NO10.C4H7F.C4H8/c34-20-8-4-5-17(15-20)18-9-10-21(22(16-18)42-29-25(37)23(35)24(36)26(43-29)28(38)39)27-31(30(40)33-27)11-13-32(41,14-12-31)19-6-2-1-3-7-19;1-3-4(2)5;1-3-4-2/h1-10,15-16,23-27,29,34-37,41H,11-14H2,(H,33,40)(H,38,39);3H,1-2H3;3H,1,4H2,2H3/b;4-3+;. The molecule has 52 heavy (non-hydrogen) atoms. The Morgan fingerprint density at radius 2 is 1.60 bits per heavy atom. The van der Waals surface area contributed by atoms with Gasteiger partial charge in [-0.1, -0.05) is 73.7 Å². The van der Waals surface area contributed by atoms with Crippen molar-refractivity contribution in [2.45, 2.75) is 95.2 Å². The van der Waals surface area contributed by atoms with Crippen LogP contribution in [-0.4, -0.2) is 73.2 Å². The zero-order valence-electron chi connectivity index (χ0n) is 29.5. The molecule has 1 spiro atoms. The largest absolute Gasteiger partial charge is 0.508 e. The lowest BCUT2D eigenvalue weighted by atomic mass is 9.58. The first kappa shape index (κ1) is 40.2. The number of aliphatic carboxylic acids is 1. The van der Waals surface area contributed by atoms with Gasteiger partial charge in [0.25, 0.3) is 0 Å². The summed E-state index contributed by atoms with van der Waals surface area (Å²) in [5.74, 6) is -1.64. The molecule has 6 atom stereocenters.